The van der Waals surface area contributed by atoms with Gasteiger partial charge in [-0.15, -0.1) is 0 Å². The molecule has 178 valence electrons. The van der Waals surface area contributed by atoms with Crippen LogP contribution < -0.4 is 10.1 Å². The molecule has 34 heavy (non-hydrogen) atoms. The molecule has 0 saturated carbocycles. The summed E-state index contributed by atoms with van der Waals surface area (Å²) in [7, 11) is 0. The molecule has 1 N–H and O–H groups in total. The highest BCUT2D eigenvalue weighted by Gasteiger charge is 2.29. The lowest BCUT2D eigenvalue weighted by atomic mass is 10.0. The van der Waals surface area contributed by atoms with Gasteiger partial charge in [-0.25, -0.2) is 0 Å². The number of nitrogens with zero attached hydrogens (tertiary/aromatic N) is 1. The second kappa shape index (κ2) is 13.2. The van der Waals surface area contributed by atoms with Crippen LogP contribution in [0, 0.1) is 6.92 Å². The molecular formula is C29H34N2O3. The Morgan fingerprint density at radius 2 is 1.53 bits per heavy atom. The van der Waals surface area contributed by atoms with Gasteiger partial charge in [-0.3, -0.25) is 9.59 Å². The molecule has 5 nitrogen and oxygen atoms in total. The van der Waals surface area contributed by atoms with E-state index in [2.05, 4.69) is 5.32 Å². The summed E-state index contributed by atoms with van der Waals surface area (Å²) in [6.45, 7) is 5.27. The van der Waals surface area contributed by atoms with E-state index in [1.807, 2.05) is 98.8 Å². The fourth-order valence-corrected chi connectivity index (χ4v) is 3.81. The molecule has 0 spiro atoms. The monoisotopic (exact) mass is 458 g/mol. The molecule has 3 rings (SSSR count). The third-order valence-electron chi connectivity index (χ3n) is 5.64. The SMILES string of the molecule is CCNC(=O)C(Cc1ccccc1)N(Cc1ccc(C)cc1)C(=O)CCCOc1ccccc1. The van der Waals surface area contributed by atoms with Crippen molar-refractivity contribution in [3.8, 4) is 5.75 Å². The summed E-state index contributed by atoms with van der Waals surface area (Å²) in [6.07, 6.45) is 1.35. The number of ether oxygens (including phenoxy) is 1. The summed E-state index contributed by atoms with van der Waals surface area (Å²) in [5.41, 5.74) is 3.18. The van der Waals surface area contributed by atoms with Gasteiger partial charge in [0.25, 0.3) is 0 Å². The van der Waals surface area contributed by atoms with Crippen molar-refractivity contribution in [1.82, 2.24) is 10.2 Å². The third kappa shape index (κ3) is 7.77. The second-order valence-electron chi connectivity index (χ2n) is 8.37. The predicted molar refractivity (Wildman–Crippen MR) is 136 cm³/mol. The minimum Gasteiger partial charge on any atom is -0.494 e. The summed E-state index contributed by atoms with van der Waals surface area (Å²) in [5, 5.41) is 2.93. The molecule has 0 saturated heterocycles. The molecule has 0 aliphatic rings. The molecule has 1 atom stereocenters. The number of rotatable bonds is 12. The Labute approximate surface area is 202 Å². The Balaban J connectivity index is 1.76. The molecule has 0 radical (unpaired) electrons. The van der Waals surface area contributed by atoms with E-state index in [-0.39, 0.29) is 11.8 Å². The fourth-order valence-electron chi connectivity index (χ4n) is 3.81. The van der Waals surface area contributed by atoms with Crippen molar-refractivity contribution >= 4 is 11.8 Å². The number of carbonyl (C=O) groups excluding carboxylic acids is 2. The average Bonchev–Trinajstić information content (AvgIpc) is 2.86. The van der Waals surface area contributed by atoms with Gasteiger partial charge in [0.05, 0.1) is 6.61 Å². The lowest BCUT2D eigenvalue weighted by Gasteiger charge is -2.31. The van der Waals surface area contributed by atoms with Crippen LogP contribution in [0.2, 0.25) is 0 Å². The van der Waals surface area contributed by atoms with Crippen molar-refractivity contribution in [2.24, 2.45) is 0 Å². The first kappa shape index (κ1) is 25.0. The number of likely N-dealkylation sites (N-methyl/N-ethyl adjacent to an activating group) is 1. The minimum absolute atomic E-state index is 0.0515. The van der Waals surface area contributed by atoms with Crippen LogP contribution in [-0.4, -0.2) is 35.9 Å². The number of aryl methyl sites for hydroxylation is 1. The van der Waals surface area contributed by atoms with Gasteiger partial charge in [0.1, 0.15) is 11.8 Å². The molecule has 3 aromatic carbocycles. The lowest BCUT2D eigenvalue weighted by Crippen LogP contribution is -2.50. The molecule has 3 aromatic rings. The van der Waals surface area contributed by atoms with E-state index in [9.17, 15) is 9.59 Å². The van der Waals surface area contributed by atoms with E-state index in [4.69, 9.17) is 4.74 Å². The zero-order valence-corrected chi connectivity index (χ0v) is 20.1. The first-order valence-electron chi connectivity index (χ1n) is 11.9. The van der Waals surface area contributed by atoms with Crippen molar-refractivity contribution in [2.45, 2.75) is 45.7 Å². The minimum atomic E-state index is -0.591. The van der Waals surface area contributed by atoms with Crippen LogP contribution in [0.25, 0.3) is 0 Å². The summed E-state index contributed by atoms with van der Waals surface area (Å²) in [6, 6.07) is 26.9. The third-order valence-corrected chi connectivity index (χ3v) is 5.64. The Kier molecular flexibility index (Phi) is 9.71. The van der Waals surface area contributed by atoms with Crippen LogP contribution in [0.5, 0.6) is 5.75 Å². The van der Waals surface area contributed by atoms with E-state index < -0.39 is 6.04 Å². The van der Waals surface area contributed by atoms with Gasteiger partial charge in [-0.05, 0) is 43.5 Å². The van der Waals surface area contributed by atoms with Gasteiger partial charge >= 0.3 is 0 Å². The van der Waals surface area contributed by atoms with Crippen molar-refractivity contribution in [2.75, 3.05) is 13.2 Å². The zero-order chi connectivity index (χ0) is 24.2. The van der Waals surface area contributed by atoms with E-state index in [0.29, 0.717) is 39.0 Å². The van der Waals surface area contributed by atoms with Crippen LogP contribution >= 0.6 is 0 Å². The van der Waals surface area contributed by atoms with Crippen molar-refractivity contribution in [3.05, 3.63) is 102 Å². The maximum Gasteiger partial charge on any atom is 0.243 e. The smallest absolute Gasteiger partial charge is 0.243 e. The largest absolute Gasteiger partial charge is 0.494 e. The van der Waals surface area contributed by atoms with Gasteiger partial charge in [0.15, 0.2) is 0 Å². The molecule has 5 heteroatoms. The molecule has 0 aromatic heterocycles. The summed E-state index contributed by atoms with van der Waals surface area (Å²) in [4.78, 5) is 28.3. The van der Waals surface area contributed by atoms with Gasteiger partial charge in [-0.1, -0.05) is 78.4 Å². The maximum atomic E-state index is 13.5. The maximum absolute atomic E-state index is 13.5. The average molecular weight is 459 g/mol. The second-order valence-corrected chi connectivity index (χ2v) is 8.37. The molecule has 0 heterocycles. The molecule has 0 bridgehead atoms. The number of amides is 2. The lowest BCUT2D eigenvalue weighted by molar-refractivity contribution is -0.141. The predicted octanol–water partition coefficient (Wildman–Crippen LogP) is 4.93. The van der Waals surface area contributed by atoms with E-state index in [1.54, 1.807) is 4.90 Å². The topological polar surface area (TPSA) is 58.6 Å². The molecule has 1 unspecified atom stereocenters. The number of para-hydroxylation sites is 1. The fraction of sp³-hybridized carbons (Fsp3) is 0.310. The van der Waals surface area contributed by atoms with Crippen molar-refractivity contribution in [3.63, 3.8) is 0 Å². The number of hydrogen-bond donors (Lipinski definition) is 1. The highest BCUT2D eigenvalue weighted by atomic mass is 16.5. The summed E-state index contributed by atoms with van der Waals surface area (Å²) in [5.74, 6) is 0.604. The first-order valence-corrected chi connectivity index (χ1v) is 11.9. The highest BCUT2D eigenvalue weighted by molar-refractivity contribution is 5.88. The molecule has 0 fully saturated rings. The zero-order valence-electron chi connectivity index (χ0n) is 20.1. The van der Waals surface area contributed by atoms with E-state index in [0.717, 1.165) is 22.4 Å². The van der Waals surface area contributed by atoms with Gasteiger partial charge < -0.3 is 15.0 Å². The van der Waals surface area contributed by atoms with E-state index in [1.165, 1.54) is 0 Å². The van der Waals surface area contributed by atoms with Crippen molar-refractivity contribution in [1.29, 1.82) is 0 Å². The quantitative estimate of drug-likeness (QED) is 0.392. The Hall–Kier alpha value is -3.60. The number of hydrogen-bond acceptors (Lipinski definition) is 3. The standard InChI is InChI=1S/C29H34N2O3/c1-3-30-29(33)27(21-24-11-6-4-7-12-24)31(22-25-18-16-23(2)17-19-25)28(32)15-10-20-34-26-13-8-5-9-14-26/h4-9,11-14,16-19,27H,3,10,15,20-22H2,1-2H3,(H,30,33). The Morgan fingerprint density at radius 1 is 0.882 bits per heavy atom. The van der Waals surface area contributed by atoms with Crippen LogP contribution in [0.4, 0.5) is 0 Å². The number of nitrogens with one attached hydrogen (secondary N) is 1. The first-order chi connectivity index (χ1) is 16.6. The summed E-state index contributed by atoms with van der Waals surface area (Å²) >= 11 is 0. The molecular weight excluding hydrogens is 424 g/mol. The van der Waals surface area contributed by atoms with Gasteiger partial charge in [-0.2, -0.15) is 0 Å². The van der Waals surface area contributed by atoms with E-state index >= 15 is 0 Å². The normalized spacial score (nSPS) is 11.5. The molecule has 2 amide bonds. The Morgan fingerprint density at radius 3 is 2.18 bits per heavy atom. The van der Waals surface area contributed by atoms with Crippen LogP contribution in [-0.2, 0) is 22.6 Å². The molecule has 0 aliphatic carbocycles. The van der Waals surface area contributed by atoms with Crippen molar-refractivity contribution < 1.29 is 14.3 Å². The Bertz CT molecular complexity index is 1020. The number of benzene rings is 3. The van der Waals surface area contributed by atoms with Gasteiger partial charge in [0, 0.05) is 25.9 Å². The van der Waals surface area contributed by atoms with Crippen LogP contribution in [0.3, 0.4) is 0 Å². The highest BCUT2D eigenvalue weighted by Crippen LogP contribution is 2.17. The van der Waals surface area contributed by atoms with Crippen LogP contribution in [0.1, 0.15) is 36.5 Å². The van der Waals surface area contributed by atoms with Gasteiger partial charge in [0.2, 0.25) is 11.8 Å². The van der Waals surface area contributed by atoms with Crippen LogP contribution in [0.15, 0.2) is 84.9 Å². The summed E-state index contributed by atoms with van der Waals surface area (Å²) < 4.78 is 5.76. The molecule has 0 aliphatic heterocycles. The number of carbonyl (C=O) groups is 2.